The fourth-order valence-corrected chi connectivity index (χ4v) is 3.29. The Kier molecular flexibility index (Phi) is 6.90. The maximum absolute atomic E-state index is 6.10. The molecule has 0 radical (unpaired) electrons. The lowest BCUT2D eigenvalue weighted by molar-refractivity contribution is 0.462. The van der Waals surface area contributed by atoms with E-state index in [1.54, 1.807) is 11.3 Å². The smallest absolute Gasteiger partial charge is 0.0843 e. The Morgan fingerprint density at radius 3 is 2.43 bits per heavy atom. The van der Waals surface area contributed by atoms with Crippen molar-refractivity contribution >= 4 is 55.6 Å². The summed E-state index contributed by atoms with van der Waals surface area (Å²) in [6.07, 6.45) is 1.12. The lowest BCUT2D eigenvalue weighted by Crippen LogP contribution is -2.17. The molecule has 0 spiro atoms. The summed E-state index contributed by atoms with van der Waals surface area (Å²) in [5, 5.41) is 0. The van der Waals surface area contributed by atoms with Gasteiger partial charge in [-0.25, -0.2) is 0 Å². The summed E-state index contributed by atoms with van der Waals surface area (Å²) < 4.78 is 2.23. The molecule has 0 saturated carbocycles. The second-order valence-electron chi connectivity index (χ2n) is 3.18. The van der Waals surface area contributed by atoms with Gasteiger partial charge < -0.3 is 5.73 Å². The van der Waals surface area contributed by atoms with Gasteiger partial charge in [-0.05, 0) is 43.8 Å². The van der Waals surface area contributed by atoms with Gasteiger partial charge in [0.1, 0.15) is 0 Å². The molecule has 14 heavy (non-hydrogen) atoms. The lowest BCUT2D eigenvalue weighted by Gasteiger charge is -2.16. The third-order valence-electron chi connectivity index (χ3n) is 2.25. The van der Waals surface area contributed by atoms with Crippen LogP contribution in [0.25, 0.3) is 0 Å². The van der Waals surface area contributed by atoms with Crippen molar-refractivity contribution in [2.45, 2.75) is 26.3 Å². The van der Waals surface area contributed by atoms with E-state index in [1.807, 2.05) is 0 Å². The average Bonchev–Trinajstić information content (AvgIpc) is 2.44. The zero-order chi connectivity index (χ0) is 10.0. The van der Waals surface area contributed by atoms with Gasteiger partial charge in [-0.15, -0.1) is 23.7 Å². The predicted molar refractivity (Wildman–Crippen MR) is 73.4 cm³/mol. The Balaban J connectivity index is 0.00000169. The molecule has 1 aromatic rings. The molecule has 1 nitrogen and oxygen atoms in total. The molecule has 1 heterocycles. The van der Waals surface area contributed by atoms with Gasteiger partial charge in [0, 0.05) is 15.4 Å². The van der Waals surface area contributed by atoms with E-state index in [-0.39, 0.29) is 18.4 Å². The monoisotopic (exact) mass is 361 g/mol. The minimum atomic E-state index is 0. The van der Waals surface area contributed by atoms with Crippen molar-refractivity contribution in [1.29, 1.82) is 0 Å². The molecule has 0 saturated heterocycles. The number of hydrogen-bond donors (Lipinski definition) is 1. The first kappa shape index (κ1) is 14.9. The SMILES string of the molecule is CCC(C)[C@H](N)c1cc(Br)c(Br)s1.Cl. The Hall–Kier alpha value is 0.910. The highest BCUT2D eigenvalue weighted by Gasteiger charge is 2.16. The van der Waals surface area contributed by atoms with E-state index in [4.69, 9.17) is 5.73 Å². The molecule has 0 aliphatic carbocycles. The van der Waals surface area contributed by atoms with Crippen LogP contribution in [0.1, 0.15) is 31.2 Å². The Bertz CT molecular complexity index is 271. The van der Waals surface area contributed by atoms with Crippen LogP contribution in [0.4, 0.5) is 0 Å². The summed E-state index contributed by atoms with van der Waals surface area (Å²) in [5.41, 5.74) is 6.10. The number of halogens is 3. The van der Waals surface area contributed by atoms with E-state index in [0.29, 0.717) is 5.92 Å². The van der Waals surface area contributed by atoms with E-state index in [2.05, 4.69) is 51.8 Å². The van der Waals surface area contributed by atoms with E-state index in [9.17, 15) is 0 Å². The minimum Gasteiger partial charge on any atom is -0.323 e. The van der Waals surface area contributed by atoms with Gasteiger partial charge in [0.2, 0.25) is 0 Å². The van der Waals surface area contributed by atoms with Crippen LogP contribution in [-0.2, 0) is 0 Å². The summed E-state index contributed by atoms with van der Waals surface area (Å²) >= 11 is 8.65. The van der Waals surface area contributed by atoms with Crippen molar-refractivity contribution in [3.63, 3.8) is 0 Å². The molecule has 1 rings (SSSR count). The van der Waals surface area contributed by atoms with E-state index in [1.165, 1.54) is 4.88 Å². The average molecular weight is 364 g/mol. The quantitative estimate of drug-likeness (QED) is 0.825. The molecule has 0 fully saturated rings. The first-order valence-corrected chi connectivity index (χ1v) is 6.66. The molecule has 0 aliphatic heterocycles. The van der Waals surface area contributed by atoms with Gasteiger partial charge in [0.05, 0.1) is 3.79 Å². The zero-order valence-corrected chi connectivity index (χ0v) is 12.9. The second-order valence-corrected chi connectivity index (χ2v) is 6.44. The van der Waals surface area contributed by atoms with Gasteiger partial charge in [0.25, 0.3) is 0 Å². The van der Waals surface area contributed by atoms with Gasteiger partial charge >= 0.3 is 0 Å². The normalized spacial score (nSPS) is 14.6. The fraction of sp³-hybridized carbons (Fsp3) is 0.556. The Morgan fingerprint density at radius 2 is 2.07 bits per heavy atom. The Morgan fingerprint density at radius 1 is 1.50 bits per heavy atom. The van der Waals surface area contributed by atoms with Crippen molar-refractivity contribution in [2.24, 2.45) is 11.7 Å². The van der Waals surface area contributed by atoms with E-state index in [0.717, 1.165) is 14.7 Å². The minimum absolute atomic E-state index is 0. The highest BCUT2D eigenvalue weighted by Crippen LogP contribution is 2.37. The standard InChI is InChI=1S/C9H13Br2NS.ClH/c1-3-5(2)8(12)7-4-6(10)9(11)13-7;/h4-5,8H,3,12H2,1-2H3;1H/t5?,8-;/m0./s1. The molecule has 2 atom stereocenters. The van der Waals surface area contributed by atoms with Crippen LogP contribution in [-0.4, -0.2) is 0 Å². The summed E-state index contributed by atoms with van der Waals surface area (Å²) in [5.74, 6) is 0.539. The van der Waals surface area contributed by atoms with Gasteiger partial charge in [0.15, 0.2) is 0 Å². The number of nitrogens with two attached hydrogens (primary N) is 1. The molecule has 2 N–H and O–H groups in total. The van der Waals surface area contributed by atoms with Crippen LogP contribution in [0, 0.1) is 5.92 Å². The highest BCUT2D eigenvalue weighted by atomic mass is 79.9. The molecular formula is C9H14Br2ClNS. The molecule has 1 unspecified atom stereocenters. The first-order chi connectivity index (χ1) is 6.06. The van der Waals surface area contributed by atoms with Crippen molar-refractivity contribution in [3.05, 3.63) is 19.2 Å². The number of hydrogen-bond acceptors (Lipinski definition) is 2. The van der Waals surface area contributed by atoms with E-state index < -0.39 is 0 Å². The van der Waals surface area contributed by atoms with Crippen molar-refractivity contribution < 1.29 is 0 Å². The first-order valence-electron chi connectivity index (χ1n) is 4.26. The maximum atomic E-state index is 6.10. The molecule has 0 aliphatic rings. The molecule has 0 bridgehead atoms. The molecule has 0 amide bonds. The Labute approximate surface area is 112 Å². The summed E-state index contributed by atoms with van der Waals surface area (Å²) in [7, 11) is 0. The fourth-order valence-electron chi connectivity index (χ4n) is 1.06. The van der Waals surface area contributed by atoms with Crippen molar-refractivity contribution in [2.75, 3.05) is 0 Å². The summed E-state index contributed by atoms with van der Waals surface area (Å²) in [6, 6.07) is 2.27. The van der Waals surface area contributed by atoms with Crippen LogP contribution in [0.3, 0.4) is 0 Å². The van der Waals surface area contributed by atoms with Crippen LogP contribution in [0.2, 0.25) is 0 Å². The third kappa shape index (κ3) is 3.49. The molecule has 0 aromatic carbocycles. The second kappa shape index (κ2) is 6.48. The zero-order valence-electron chi connectivity index (χ0n) is 8.09. The van der Waals surface area contributed by atoms with Crippen LogP contribution >= 0.6 is 55.6 Å². The van der Waals surface area contributed by atoms with E-state index >= 15 is 0 Å². The van der Waals surface area contributed by atoms with Crippen LogP contribution in [0.5, 0.6) is 0 Å². The topological polar surface area (TPSA) is 26.0 Å². The van der Waals surface area contributed by atoms with Crippen LogP contribution in [0.15, 0.2) is 14.3 Å². The summed E-state index contributed by atoms with van der Waals surface area (Å²) in [4.78, 5) is 1.24. The largest absolute Gasteiger partial charge is 0.323 e. The molecule has 5 heteroatoms. The third-order valence-corrected chi connectivity index (χ3v) is 5.61. The highest BCUT2D eigenvalue weighted by molar-refractivity contribution is 9.13. The van der Waals surface area contributed by atoms with Crippen molar-refractivity contribution in [1.82, 2.24) is 0 Å². The predicted octanol–water partition coefficient (Wildman–Crippen LogP) is 4.74. The molecule has 82 valence electrons. The number of rotatable bonds is 3. The molecule has 1 aromatic heterocycles. The van der Waals surface area contributed by atoms with Crippen molar-refractivity contribution in [3.8, 4) is 0 Å². The number of thiophene rings is 1. The maximum Gasteiger partial charge on any atom is 0.0843 e. The van der Waals surface area contributed by atoms with Gasteiger partial charge in [-0.3, -0.25) is 0 Å². The van der Waals surface area contributed by atoms with Gasteiger partial charge in [-0.2, -0.15) is 0 Å². The van der Waals surface area contributed by atoms with Crippen LogP contribution < -0.4 is 5.73 Å². The summed E-state index contributed by atoms with van der Waals surface area (Å²) in [6.45, 7) is 4.36. The lowest BCUT2D eigenvalue weighted by atomic mass is 9.99. The molecular weight excluding hydrogens is 349 g/mol. The van der Waals surface area contributed by atoms with Gasteiger partial charge in [-0.1, -0.05) is 20.3 Å².